The topological polar surface area (TPSA) is 38.3 Å². The first-order chi connectivity index (χ1) is 9.97. The average Bonchev–Trinajstić information content (AvgIpc) is 2.41. The number of hydrogen-bond donors (Lipinski definition) is 1. The highest BCUT2D eigenvalue weighted by Crippen LogP contribution is 2.35. The molecular formula is C17H28BrNO2. The fourth-order valence-electron chi connectivity index (χ4n) is 3.55. The van der Waals surface area contributed by atoms with Crippen molar-refractivity contribution in [3.8, 4) is 0 Å². The lowest BCUT2D eigenvalue weighted by Crippen LogP contribution is -2.42. The van der Waals surface area contributed by atoms with Gasteiger partial charge in [0.2, 0.25) is 0 Å². The van der Waals surface area contributed by atoms with Crippen LogP contribution in [-0.4, -0.2) is 18.2 Å². The van der Waals surface area contributed by atoms with Crippen LogP contribution in [-0.2, 0) is 4.74 Å². The Kier molecular flexibility index (Phi) is 6.15. The summed E-state index contributed by atoms with van der Waals surface area (Å²) in [5.74, 6) is 1.72. The monoisotopic (exact) mass is 357 g/mol. The van der Waals surface area contributed by atoms with Crippen molar-refractivity contribution < 1.29 is 9.53 Å². The van der Waals surface area contributed by atoms with Gasteiger partial charge in [0, 0.05) is 4.48 Å². The van der Waals surface area contributed by atoms with Gasteiger partial charge in [-0.15, -0.1) is 0 Å². The summed E-state index contributed by atoms with van der Waals surface area (Å²) in [5, 5.41) is 3.01. The maximum absolute atomic E-state index is 12.2. The minimum atomic E-state index is -0.253. The van der Waals surface area contributed by atoms with E-state index in [2.05, 4.69) is 48.1 Å². The van der Waals surface area contributed by atoms with Crippen molar-refractivity contribution >= 4 is 22.0 Å². The summed E-state index contributed by atoms with van der Waals surface area (Å²) in [4.78, 5) is 12.2. The van der Waals surface area contributed by atoms with Crippen LogP contribution >= 0.6 is 15.9 Å². The molecule has 4 atom stereocenters. The molecule has 21 heavy (non-hydrogen) atoms. The van der Waals surface area contributed by atoms with Crippen LogP contribution in [0.5, 0.6) is 0 Å². The average molecular weight is 358 g/mol. The molecule has 2 aliphatic carbocycles. The van der Waals surface area contributed by atoms with E-state index in [4.69, 9.17) is 4.74 Å². The minimum absolute atomic E-state index is 0.0695. The molecule has 0 aliphatic heterocycles. The number of rotatable bonds is 3. The lowest BCUT2D eigenvalue weighted by atomic mass is 9.75. The van der Waals surface area contributed by atoms with Crippen LogP contribution in [0.1, 0.15) is 59.3 Å². The zero-order valence-corrected chi connectivity index (χ0v) is 15.0. The molecule has 3 nitrogen and oxygen atoms in total. The second-order valence-corrected chi connectivity index (χ2v) is 7.90. The van der Waals surface area contributed by atoms with Crippen LogP contribution in [0.4, 0.5) is 4.79 Å². The highest BCUT2D eigenvalue weighted by Gasteiger charge is 2.33. The molecule has 2 aliphatic rings. The molecule has 1 N–H and O–H groups in total. The zero-order valence-electron chi connectivity index (χ0n) is 13.4. The molecular weight excluding hydrogens is 330 g/mol. The normalized spacial score (nSPS) is 33.5. The molecule has 1 fully saturated rings. The predicted molar refractivity (Wildman–Crippen MR) is 89.4 cm³/mol. The van der Waals surface area contributed by atoms with Crippen LogP contribution in [0, 0.1) is 17.8 Å². The van der Waals surface area contributed by atoms with E-state index >= 15 is 0 Å². The highest BCUT2D eigenvalue weighted by molar-refractivity contribution is 9.11. The zero-order chi connectivity index (χ0) is 15.4. The Bertz CT molecular complexity index is 394. The van der Waals surface area contributed by atoms with E-state index in [1.54, 1.807) is 0 Å². The van der Waals surface area contributed by atoms with E-state index in [1.165, 1.54) is 12.8 Å². The minimum Gasteiger partial charge on any atom is -0.446 e. The largest absolute Gasteiger partial charge is 0.446 e. The maximum atomic E-state index is 12.2. The summed E-state index contributed by atoms with van der Waals surface area (Å²) < 4.78 is 6.87. The number of carbonyl (C=O) groups is 1. The SMILES string of the molecule is CC(C)[C@@H]1CC[C@@H](C)C[C@H]1OC(=O)N[C@H]1CCCC=C1Br. The molecule has 0 radical (unpaired) electrons. The Morgan fingerprint density at radius 2 is 2.14 bits per heavy atom. The van der Waals surface area contributed by atoms with Gasteiger partial charge >= 0.3 is 6.09 Å². The molecule has 120 valence electrons. The number of hydrogen-bond acceptors (Lipinski definition) is 2. The third-order valence-electron chi connectivity index (χ3n) is 4.88. The van der Waals surface area contributed by atoms with Gasteiger partial charge in [-0.3, -0.25) is 0 Å². The van der Waals surface area contributed by atoms with Gasteiger partial charge in [-0.25, -0.2) is 4.79 Å². The lowest BCUT2D eigenvalue weighted by Gasteiger charge is -2.37. The summed E-state index contributed by atoms with van der Waals surface area (Å²) in [6, 6.07) is 0.0877. The molecule has 0 saturated heterocycles. The van der Waals surface area contributed by atoms with Crippen molar-refractivity contribution in [1.82, 2.24) is 5.32 Å². The lowest BCUT2D eigenvalue weighted by molar-refractivity contribution is 0.00534. The number of ether oxygens (including phenoxy) is 1. The van der Waals surface area contributed by atoms with E-state index in [0.29, 0.717) is 17.8 Å². The van der Waals surface area contributed by atoms with E-state index in [1.807, 2.05) is 0 Å². The third kappa shape index (κ3) is 4.73. The second kappa shape index (κ2) is 7.66. The smallest absolute Gasteiger partial charge is 0.407 e. The van der Waals surface area contributed by atoms with Crippen LogP contribution in [0.2, 0.25) is 0 Å². The quantitative estimate of drug-likeness (QED) is 0.771. The molecule has 0 unspecified atom stereocenters. The van der Waals surface area contributed by atoms with Gasteiger partial charge < -0.3 is 10.1 Å². The first kappa shape index (κ1) is 16.9. The van der Waals surface area contributed by atoms with Gasteiger partial charge in [0.25, 0.3) is 0 Å². The molecule has 0 heterocycles. The Morgan fingerprint density at radius 1 is 1.38 bits per heavy atom. The van der Waals surface area contributed by atoms with Crippen LogP contribution in [0.3, 0.4) is 0 Å². The summed E-state index contributed by atoms with van der Waals surface area (Å²) in [6.07, 6.45) is 8.58. The summed E-state index contributed by atoms with van der Waals surface area (Å²) in [5.41, 5.74) is 0. The van der Waals surface area contributed by atoms with Gasteiger partial charge in [-0.05, 0) is 49.9 Å². The van der Waals surface area contributed by atoms with E-state index in [9.17, 15) is 4.79 Å². The molecule has 2 rings (SSSR count). The van der Waals surface area contributed by atoms with Crippen LogP contribution < -0.4 is 5.32 Å². The predicted octanol–water partition coefficient (Wildman–Crippen LogP) is 5.00. The van der Waals surface area contributed by atoms with Crippen LogP contribution in [0.25, 0.3) is 0 Å². The Morgan fingerprint density at radius 3 is 2.81 bits per heavy atom. The van der Waals surface area contributed by atoms with Gasteiger partial charge in [-0.1, -0.05) is 49.2 Å². The number of halogens is 1. The van der Waals surface area contributed by atoms with Crippen molar-refractivity contribution in [3.05, 3.63) is 10.6 Å². The number of amides is 1. The van der Waals surface area contributed by atoms with E-state index < -0.39 is 0 Å². The van der Waals surface area contributed by atoms with Crippen molar-refractivity contribution in [2.45, 2.75) is 71.4 Å². The Labute approximate surface area is 137 Å². The first-order valence-electron chi connectivity index (χ1n) is 8.30. The molecule has 0 aromatic rings. The highest BCUT2D eigenvalue weighted by atomic mass is 79.9. The standard InChI is InChI=1S/C17H28BrNO2/c1-11(2)13-9-8-12(3)10-16(13)21-17(20)19-15-7-5-4-6-14(15)18/h6,11-13,15-16H,4-5,7-10H2,1-3H3,(H,19,20)/t12-,13+,15+,16-/m1/s1. The first-order valence-corrected chi connectivity index (χ1v) is 9.09. The van der Waals surface area contributed by atoms with Crippen LogP contribution in [0.15, 0.2) is 10.6 Å². The molecule has 4 heteroatoms. The summed E-state index contributed by atoms with van der Waals surface area (Å²) in [7, 11) is 0. The third-order valence-corrected chi connectivity index (χ3v) is 5.76. The molecule has 1 amide bonds. The summed E-state index contributed by atoms with van der Waals surface area (Å²) >= 11 is 3.54. The summed E-state index contributed by atoms with van der Waals surface area (Å²) in [6.45, 7) is 6.72. The number of alkyl carbamates (subject to hydrolysis) is 1. The molecule has 1 saturated carbocycles. The molecule has 0 aromatic heterocycles. The van der Waals surface area contributed by atoms with Gasteiger partial charge in [0.15, 0.2) is 0 Å². The molecule has 0 spiro atoms. The van der Waals surface area contributed by atoms with Crippen molar-refractivity contribution in [2.75, 3.05) is 0 Å². The van der Waals surface area contributed by atoms with Crippen molar-refractivity contribution in [2.24, 2.45) is 17.8 Å². The van der Waals surface area contributed by atoms with Gasteiger partial charge in [0.1, 0.15) is 6.10 Å². The fourth-order valence-corrected chi connectivity index (χ4v) is 4.12. The molecule has 0 aromatic carbocycles. The number of nitrogens with one attached hydrogen (secondary N) is 1. The van der Waals surface area contributed by atoms with E-state index in [0.717, 1.165) is 30.2 Å². The second-order valence-electron chi connectivity index (χ2n) is 6.99. The number of allylic oxidation sites excluding steroid dienone is 1. The molecule has 0 bridgehead atoms. The van der Waals surface area contributed by atoms with Crippen molar-refractivity contribution in [3.63, 3.8) is 0 Å². The van der Waals surface area contributed by atoms with Gasteiger partial charge in [0.05, 0.1) is 6.04 Å². The van der Waals surface area contributed by atoms with Crippen molar-refractivity contribution in [1.29, 1.82) is 0 Å². The van der Waals surface area contributed by atoms with E-state index in [-0.39, 0.29) is 18.2 Å². The maximum Gasteiger partial charge on any atom is 0.407 e. The fraction of sp³-hybridized carbons (Fsp3) is 0.824. The Balaban J connectivity index is 1.90. The Hall–Kier alpha value is -0.510. The van der Waals surface area contributed by atoms with Gasteiger partial charge in [-0.2, -0.15) is 0 Å². The number of carbonyl (C=O) groups excluding carboxylic acids is 1.